The van der Waals surface area contributed by atoms with Crippen LogP contribution in [0.5, 0.6) is 11.5 Å². The van der Waals surface area contributed by atoms with E-state index in [0.717, 1.165) is 11.1 Å². The fraction of sp³-hybridized carbons (Fsp3) is 0.692. The smallest absolute Gasteiger partial charge is 0.509 e. The number of ether oxygens (including phenoxy) is 5. The lowest BCUT2D eigenvalue weighted by molar-refractivity contribution is -0.170. The summed E-state index contributed by atoms with van der Waals surface area (Å²) in [6.07, 6.45) is -1.13. The van der Waals surface area contributed by atoms with Gasteiger partial charge in [0.2, 0.25) is 0 Å². The molecule has 1 saturated heterocycles. The molecule has 0 aromatic heterocycles. The second kappa shape index (κ2) is 13.6. The standard InChI is InChI=1S/C39H58N2O11Si/c1-22(40-32(43)26(21-28(42)50-35(2,3)4)48-34(45)51-36(5,6)7)33(44)47-25-16-17-39(46)27-20-23-14-15-24(52-53(12,13)37(8,9)10)30-29(23)38(39,31(25)49-30)18-19-41(27)11/h14-16,22,26-27,31,46H,17-21H2,1-13H3,(H,40,43)/t22-,26-,27-,31-,38-,39+/m0/s1. The Hall–Kier alpha value is -3.62. The molecule has 2 N–H and O–H groups in total. The highest BCUT2D eigenvalue weighted by molar-refractivity contribution is 6.74. The Kier molecular flexibility index (Phi) is 10.4. The number of aliphatic hydroxyl groups is 1. The third-order valence-corrected chi connectivity index (χ3v) is 15.5. The number of carbonyl (C=O) groups is 4. The first-order valence-electron chi connectivity index (χ1n) is 18.5. The van der Waals surface area contributed by atoms with Crippen molar-refractivity contribution in [3.63, 3.8) is 0 Å². The van der Waals surface area contributed by atoms with E-state index in [1.165, 1.54) is 6.92 Å². The molecule has 1 aromatic carbocycles. The first-order chi connectivity index (χ1) is 24.2. The summed E-state index contributed by atoms with van der Waals surface area (Å²) in [5.74, 6) is -1.07. The maximum atomic E-state index is 13.7. The van der Waals surface area contributed by atoms with Crippen molar-refractivity contribution in [2.45, 2.75) is 160 Å². The molecule has 4 aliphatic rings. The van der Waals surface area contributed by atoms with E-state index in [1.54, 1.807) is 47.6 Å². The Morgan fingerprint density at radius 2 is 1.68 bits per heavy atom. The van der Waals surface area contributed by atoms with Crippen molar-refractivity contribution in [2.75, 3.05) is 13.6 Å². The molecule has 2 heterocycles. The Morgan fingerprint density at radius 3 is 2.28 bits per heavy atom. The molecule has 13 nitrogen and oxygen atoms in total. The number of carbonyl (C=O) groups excluding carboxylic acids is 4. The molecule has 294 valence electrons. The minimum atomic E-state index is -2.30. The van der Waals surface area contributed by atoms with Crippen LogP contribution in [-0.4, -0.2) is 97.0 Å². The quantitative estimate of drug-likeness (QED) is 0.187. The number of nitrogens with one attached hydrogen (secondary N) is 1. The summed E-state index contributed by atoms with van der Waals surface area (Å²) in [4.78, 5) is 54.6. The van der Waals surface area contributed by atoms with Crippen LogP contribution in [0.25, 0.3) is 0 Å². The average Bonchev–Trinajstić information content (AvgIpc) is 3.34. The van der Waals surface area contributed by atoms with Gasteiger partial charge < -0.3 is 43.4 Å². The topological polar surface area (TPSA) is 159 Å². The van der Waals surface area contributed by atoms with Crippen LogP contribution in [0.4, 0.5) is 4.79 Å². The Morgan fingerprint density at radius 1 is 1.04 bits per heavy atom. The second-order valence-electron chi connectivity index (χ2n) is 18.5. The van der Waals surface area contributed by atoms with Crippen molar-refractivity contribution in [2.24, 2.45) is 0 Å². The fourth-order valence-electron chi connectivity index (χ4n) is 7.62. The van der Waals surface area contributed by atoms with Gasteiger partial charge >= 0.3 is 18.1 Å². The largest absolute Gasteiger partial charge is 0.541 e. The SMILES string of the molecule is C[C@H](NC(=O)[C@H](CC(=O)OC(C)(C)C)OC(=O)OC(C)(C)C)C(=O)OC1=CC[C@@]2(O)[C@@H]3Cc4ccc(O[Si](C)(C)C(C)(C)C)c5c4[C@@]2(CCN3C)[C@H]1O5. The molecule has 1 aromatic rings. The first-order valence-corrected chi connectivity index (χ1v) is 21.4. The average molecular weight is 759 g/mol. The monoisotopic (exact) mass is 758 g/mol. The summed E-state index contributed by atoms with van der Waals surface area (Å²) < 4.78 is 35.5. The summed E-state index contributed by atoms with van der Waals surface area (Å²) in [7, 11) is -0.283. The van der Waals surface area contributed by atoms with Crippen LogP contribution in [-0.2, 0) is 45.2 Å². The van der Waals surface area contributed by atoms with Gasteiger partial charge in [0.05, 0.1) is 17.4 Å². The van der Waals surface area contributed by atoms with Gasteiger partial charge in [-0.05, 0) is 111 Å². The lowest BCUT2D eigenvalue weighted by Gasteiger charge is -2.61. The van der Waals surface area contributed by atoms with Crippen LogP contribution < -0.4 is 14.5 Å². The summed E-state index contributed by atoms with van der Waals surface area (Å²) in [6, 6.07) is 2.61. The van der Waals surface area contributed by atoms with Crippen molar-refractivity contribution < 1.29 is 52.4 Å². The van der Waals surface area contributed by atoms with Crippen molar-refractivity contribution in [1.82, 2.24) is 10.2 Å². The van der Waals surface area contributed by atoms with E-state index in [-0.39, 0.29) is 23.3 Å². The van der Waals surface area contributed by atoms with Crippen LogP contribution in [0, 0.1) is 0 Å². The predicted octanol–water partition coefficient (Wildman–Crippen LogP) is 5.45. The number of hydrogen-bond donors (Lipinski definition) is 2. The number of benzene rings is 1. The lowest BCUT2D eigenvalue weighted by atomic mass is 9.50. The molecule has 1 amide bonds. The molecule has 1 spiro atoms. The van der Waals surface area contributed by atoms with Crippen LogP contribution in [0.1, 0.15) is 99.6 Å². The molecule has 1 fully saturated rings. The zero-order valence-corrected chi connectivity index (χ0v) is 34.6. The van der Waals surface area contributed by atoms with E-state index in [0.29, 0.717) is 30.9 Å². The van der Waals surface area contributed by atoms with Crippen LogP contribution in [0.3, 0.4) is 0 Å². The zero-order valence-electron chi connectivity index (χ0n) is 33.6. The molecule has 5 rings (SSSR count). The van der Waals surface area contributed by atoms with Gasteiger partial charge in [0.15, 0.2) is 18.0 Å². The van der Waals surface area contributed by atoms with Gasteiger partial charge in [0.1, 0.15) is 28.8 Å². The second-order valence-corrected chi connectivity index (χ2v) is 23.2. The van der Waals surface area contributed by atoms with Crippen LogP contribution >= 0.6 is 0 Å². The van der Waals surface area contributed by atoms with Gasteiger partial charge in [-0.25, -0.2) is 9.59 Å². The van der Waals surface area contributed by atoms with Crippen molar-refractivity contribution >= 4 is 32.3 Å². The van der Waals surface area contributed by atoms with Crippen LogP contribution in [0.15, 0.2) is 24.0 Å². The lowest BCUT2D eigenvalue weighted by Crippen LogP contribution is -2.74. The molecular formula is C39H58N2O11Si. The number of esters is 2. The summed E-state index contributed by atoms with van der Waals surface area (Å²) >= 11 is 0. The van der Waals surface area contributed by atoms with E-state index in [9.17, 15) is 24.3 Å². The van der Waals surface area contributed by atoms with Crippen LogP contribution in [0.2, 0.25) is 18.1 Å². The van der Waals surface area contributed by atoms with Gasteiger partial charge in [-0.2, -0.15) is 0 Å². The zero-order chi connectivity index (χ0) is 39.7. The van der Waals surface area contributed by atoms with E-state index < -0.39 is 79.2 Å². The number of likely N-dealkylation sites (N-methyl/N-ethyl adjacent to an activating group) is 1. The minimum Gasteiger partial charge on any atom is -0.541 e. The number of hydrogen-bond acceptors (Lipinski definition) is 12. The molecular weight excluding hydrogens is 701 g/mol. The Labute approximate surface area is 314 Å². The van der Waals surface area contributed by atoms with Crippen molar-refractivity contribution in [1.29, 1.82) is 0 Å². The van der Waals surface area contributed by atoms with Gasteiger partial charge in [-0.15, -0.1) is 0 Å². The van der Waals surface area contributed by atoms with Gasteiger partial charge in [0.25, 0.3) is 14.2 Å². The normalized spacial score (nSPS) is 26.2. The molecule has 2 aliphatic heterocycles. The fourth-order valence-corrected chi connectivity index (χ4v) is 8.63. The third-order valence-electron chi connectivity index (χ3n) is 11.1. The predicted molar refractivity (Wildman–Crippen MR) is 198 cm³/mol. The van der Waals surface area contributed by atoms with E-state index in [2.05, 4.69) is 50.1 Å². The highest BCUT2D eigenvalue weighted by atomic mass is 28.4. The van der Waals surface area contributed by atoms with Gasteiger partial charge in [-0.3, -0.25) is 9.59 Å². The molecule has 2 bridgehead atoms. The minimum absolute atomic E-state index is 0.0797. The number of amides is 1. The molecule has 6 atom stereocenters. The summed E-state index contributed by atoms with van der Waals surface area (Å²) in [6.45, 7) is 22.9. The van der Waals surface area contributed by atoms with Crippen molar-refractivity contribution in [3.8, 4) is 11.5 Å². The van der Waals surface area contributed by atoms with E-state index >= 15 is 0 Å². The molecule has 0 radical (unpaired) electrons. The number of nitrogens with zero attached hydrogens (tertiary/aromatic N) is 1. The Bertz CT molecular complexity index is 1660. The van der Waals surface area contributed by atoms with E-state index in [4.69, 9.17) is 28.1 Å². The molecule has 0 saturated carbocycles. The third kappa shape index (κ3) is 7.68. The Balaban J connectivity index is 1.40. The molecule has 14 heteroatoms. The summed E-state index contributed by atoms with van der Waals surface area (Å²) in [5, 5.41) is 15.1. The molecule has 2 aliphatic carbocycles. The first kappa shape index (κ1) is 40.6. The molecule has 53 heavy (non-hydrogen) atoms. The maximum Gasteiger partial charge on any atom is 0.509 e. The van der Waals surface area contributed by atoms with E-state index in [1.807, 2.05) is 13.1 Å². The van der Waals surface area contributed by atoms with Crippen molar-refractivity contribution in [3.05, 3.63) is 35.1 Å². The maximum absolute atomic E-state index is 13.7. The van der Waals surface area contributed by atoms with Gasteiger partial charge in [-0.1, -0.05) is 26.8 Å². The highest BCUT2D eigenvalue weighted by Crippen LogP contribution is 2.65. The van der Waals surface area contributed by atoms with Gasteiger partial charge in [0, 0.05) is 18.0 Å². The summed E-state index contributed by atoms with van der Waals surface area (Å²) in [5.41, 5.74) is -1.91. The molecule has 0 unspecified atom stereocenters. The number of rotatable bonds is 9. The number of piperidine rings is 1. The number of likely N-dealkylation sites (tertiary alicyclic amines) is 1. The highest BCUT2D eigenvalue weighted by Gasteiger charge is 2.72.